The van der Waals surface area contributed by atoms with Crippen molar-refractivity contribution >= 4 is 17.5 Å². The maximum Gasteiger partial charge on any atom is 0.410 e. The van der Waals surface area contributed by atoms with Crippen molar-refractivity contribution in [3.8, 4) is 0 Å². The largest absolute Gasteiger partial charge is 0.444 e. The number of hydrogen-bond donors (Lipinski definition) is 1. The fourth-order valence-electron chi connectivity index (χ4n) is 2.71. The zero-order valence-electron chi connectivity index (χ0n) is 15.8. The Hall–Kier alpha value is -2.09. The number of anilines is 2. The molecule has 1 fully saturated rings. The zero-order valence-corrected chi connectivity index (χ0v) is 15.8. The smallest absolute Gasteiger partial charge is 0.410 e. The molecule has 8 heteroatoms. The van der Waals surface area contributed by atoms with Crippen LogP contribution in [0.3, 0.4) is 0 Å². The highest BCUT2D eigenvalue weighted by Crippen LogP contribution is 2.28. The SMILES string of the molecule is COCCNc1cc(F)c(N2CCN(C(=O)OC(C)(C)C)CC2)c(F)c1. The molecule has 1 aromatic carbocycles. The van der Waals surface area contributed by atoms with Gasteiger partial charge in [0, 0.05) is 45.5 Å². The summed E-state index contributed by atoms with van der Waals surface area (Å²) in [7, 11) is 1.56. The molecule has 2 rings (SSSR count). The maximum absolute atomic E-state index is 14.4. The van der Waals surface area contributed by atoms with E-state index >= 15 is 0 Å². The van der Waals surface area contributed by atoms with Crippen LogP contribution in [-0.2, 0) is 9.47 Å². The lowest BCUT2D eigenvalue weighted by Crippen LogP contribution is -2.50. The number of hydrogen-bond acceptors (Lipinski definition) is 5. The number of carbonyl (C=O) groups excluding carboxylic acids is 1. The van der Waals surface area contributed by atoms with Gasteiger partial charge in [0.25, 0.3) is 0 Å². The Morgan fingerprint density at radius 2 is 1.73 bits per heavy atom. The molecule has 1 amide bonds. The van der Waals surface area contributed by atoms with Gasteiger partial charge in [-0.2, -0.15) is 0 Å². The summed E-state index contributed by atoms with van der Waals surface area (Å²) in [6.45, 7) is 7.67. The van der Waals surface area contributed by atoms with Gasteiger partial charge in [0.2, 0.25) is 0 Å². The molecule has 1 aromatic rings. The van der Waals surface area contributed by atoms with Crippen molar-refractivity contribution in [1.82, 2.24) is 4.90 Å². The van der Waals surface area contributed by atoms with Crippen molar-refractivity contribution in [2.75, 3.05) is 56.7 Å². The first-order valence-corrected chi connectivity index (χ1v) is 8.66. The number of amides is 1. The summed E-state index contributed by atoms with van der Waals surface area (Å²) in [6.07, 6.45) is -0.407. The summed E-state index contributed by atoms with van der Waals surface area (Å²) in [6, 6.07) is 2.54. The quantitative estimate of drug-likeness (QED) is 0.806. The Morgan fingerprint density at radius 3 is 2.23 bits per heavy atom. The molecule has 0 saturated carbocycles. The van der Waals surface area contributed by atoms with Crippen molar-refractivity contribution in [1.29, 1.82) is 0 Å². The van der Waals surface area contributed by atoms with Crippen LogP contribution < -0.4 is 10.2 Å². The lowest BCUT2D eigenvalue weighted by atomic mass is 10.2. The van der Waals surface area contributed by atoms with E-state index < -0.39 is 23.3 Å². The fraction of sp³-hybridized carbons (Fsp3) is 0.611. The minimum absolute atomic E-state index is 0.0638. The minimum atomic E-state index is -0.629. The van der Waals surface area contributed by atoms with E-state index in [1.807, 2.05) is 0 Å². The third kappa shape index (κ3) is 5.45. The predicted octanol–water partition coefficient (Wildman–Crippen LogP) is 3.08. The molecule has 146 valence electrons. The molecule has 0 bridgehead atoms. The fourth-order valence-corrected chi connectivity index (χ4v) is 2.71. The van der Waals surface area contributed by atoms with E-state index in [9.17, 15) is 13.6 Å². The van der Waals surface area contributed by atoms with Crippen molar-refractivity contribution in [2.24, 2.45) is 0 Å². The van der Waals surface area contributed by atoms with Crippen molar-refractivity contribution in [3.05, 3.63) is 23.8 Å². The Labute approximate surface area is 153 Å². The summed E-state index contributed by atoms with van der Waals surface area (Å²) in [4.78, 5) is 15.2. The van der Waals surface area contributed by atoms with Gasteiger partial charge in [-0.25, -0.2) is 13.6 Å². The van der Waals surface area contributed by atoms with Gasteiger partial charge in [-0.05, 0) is 32.9 Å². The number of nitrogens with zero attached hydrogens (tertiary/aromatic N) is 2. The molecule has 1 aliphatic rings. The van der Waals surface area contributed by atoms with Gasteiger partial charge in [-0.1, -0.05) is 0 Å². The van der Waals surface area contributed by atoms with E-state index in [0.29, 0.717) is 45.0 Å². The molecule has 1 N–H and O–H groups in total. The summed E-state index contributed by atoms with van der Waals surface area (Å²) in [5.41, 5.74) is -0.266. The number of rotatable bonds is 5. The molecule has 0 aromatic heterocycles. The molecular formula is C18H27F2N3O3. The molecule has 0 spiro atoms. The van der Waals surface area contributed by atoms with E-state index in [-0.39, 0.29) is 5.69 Å². The number of benzene rings is 1. The molecule has 0 aliphatic carbocycles. The van der Waals surface area contributed by atoms with E-state index in [1.165, 1.54) is 12.1 Å². The molecule has 1 aliphatic heterocycles. The van der Waals surface area contributed by atoms with E-state index in [2.05, 4.69) is 5.32 Å². The molecular weight excluding hydrogens is 344 g/mol. The molecule has 0 unspecified atom stereocenters. The monoisotopic (exact) mass is 371 g/mol. The normalized spacial score (nSPS) is 15.2. The molecule has 1 heterocycles. The number of carbonyl (C=O) groups is 1. The Morgan fingerprint density at radius 1 is 1.15 bits per heavy atom. The first-order valence-electron chi connectivity index (χ1n) is 8.66. The topological polar surface area (TPSA) is 54.0 Å². The maximum atomic E-state index is 14.4. The summed E-state index contributed by atoms with van der Waals surface area (Å²) < 4.78 is 39.1. The second-order valence-corrected chi connectivity index (χ2v) is 7.16. The van der Waals surface area contributed by atoms with Crippen LogP contribution in [0.2, 0.25) is 0 Å². The van der Waals surface area contributed by atoms with Gasteiger partial charge < -0.3 is 24.6 Å². The second kappa shape index (κ2) is 8.53. The zero-order chi connectivity index (χ0) is 19.3. The summed E-state index contributed by atoms with van der Waals surface area (Å²) in [5, 5.41) is 2.91. The molecule has 1 saturated heterocycles. The molecule has 0 radical (unpaired) electrons. The van der Waals surface area contributed by atoms with Gasteiger partial charge in [0.05, 0.1) is 6.61 Å². The first-order chi connectivity index (χ1) is 12.2. The average Bonchev–Trinajstić information content (AvgIpc) is 2.53. The van der Waals surface area contributed by atoms with Gasteiger partial charge >= 0.3 is 6.09 Å². The van der Waals surface area contributed by atoms with Crippen LogP contribution in [0.25, 0.3) is 0 Å². The number of halogens is 2. The lowest BCUT2D eigenvalue weighted by molar-refractivity contribution is 0.0240. The van der Waals surface area contributed by atoms with Crippen molar-refractivity contribution < 1.29 is 23.0 Å². The van der Waals surface area contributed by atoms with E-state index in [4.69, 9.17) is 9.47 Å². The average molecular weight is 371 g/mol. The van der Waals surface area contributed by atoms with E-state index in [1.54, 1.807) is 37.7 Å². The molecule has 0 atom stereocenters. The summed E-state index contributed by atoms with van der Waals surface area (Å²) >= 11 is 0. The van der Waals surface area contributed by atoms with Crippen LogP contribution in [0.4, 0.5) is 25.0 Å². The van der Waals surface area contributed by atoms with Crippen molar-refractivity contribution in [2.45, 2.75) is 26.4 Å². The van der Waals surface area contributed by atoms with Gasteiger partial charge in [-0.15, -0.1) is 0 Å². The van der Waals surface area contributed by atoms with Crippen molar-refractivity contribution in [3.63, 3.8) is 0 Å². The third-order valence-electron chi connectivity index (χ3n) is 3.90. The Kier molecular flexibility index (Phi) is 6.63. The van der Waals surface area contributed by atoms with Crippen LogP contribution in [0.1, 0.15) is 20.8 Å². The Bertz CT molecular complexity index is 604. The van der Waals surface area contributed by atoms with Crippen LogP contribution in [0.5, 0.6) is 0 Å². The van der Waals surface area contributed by atoms with Gasteiger partial charge in [0.1, 0.15) is 11.3 Å². The predicted molar refractivity (Wildman–Crippen MR) is 96.7 cm³/mol. The highest BCUT2D eigenvalue weighted by Gasteiger charge is 2.28. The van der Waals surface area contributed by atoms with Crippen LogP contribution >= 0.6 is 0 Å². The number of nitrogens with one attached hydrogen (secondary N) is 1. The van der Waals surface area contributed by atoms with E-state index in [0.717, 1.165) is 0 Å². The minimum Gasteiger partial charge on any atom is -0.444 e. The first kappa shape index (κ1) is 20.2. The highest BCUT2D eigenvalue weighted by molar-refractivity contribution is 5.69. The standard InChI is InChI=1S/C18H27F2N3O3/c1-18(2,3)26-17(24)23-8-6-22(7-9-23)16-14(19)11-13(12-15(16)20)21-5-10-25-4/h11-12,21H,5-10H2,1-4H3. The lowest BCUT2D eigenvalue weighted by Gasteiger charge is -2.37. The van der Waals surface area contributed by atoms with Gasteiger partial charge in [0.15, 0.2) is 11.6 Å². The molecule has 26 heavy (non-hydrogen) atoms. The van der Waals surface area contributed by atoms with Gasteiger partial charge in [-0.3, -0.25) is 0 Å². The summed E-state index contributed by atoms with van der Waals surface area (Å²) in [5.74, 6) is -1.26. The number of methoxy groups -OCH3 is 1. The number of piperazine rings is 1. The highest BCUT2D eigenvalue weighted by atomic mass is 19.1. The molecule has 6 nitrogen and oxygen atoms in total. The second-order valence-electron chi connectivity index (χ2n) is 7.16. The van der Waals surface area contributed by atoms with Crippen LogP contribution in [-0.4, -0.2) is 63.0 Å². The van der Waals surface area contributed by atoms with Crippen LogP contribution in [0, 0.1) is 11.6 Å². The third-order valence-corrected chi connectivity index (χ3v) is 3.90. The van der Waals surface area contributed by atoms with Crippen LogP contribution in [0.15, 0.2) is 12.1 Å². The Balaban J connectivity index is 1.99. The number of ether oxygens (including phenoxy) is 2.